The number of phenolic OH excluding ortho intramolecular Hbond substituents is 1. The van der Waals surface area contributed by atoms with Crippen LogP contribution in [0.2, 0.25) is 0 Å². The van der Waals surface area contributed by atoms with Gasteiger partial charge in [-0.2, -0.15) is 5.26 Å². The topological polar surface area (TPSA) is 44.0 Å². The molecular weight excluding hydrogens is 321 g/mol. The Hall–Kier alpha value is -0.280. The molecule has 0 heterocycles. The van der Waals surface area contributed by atoms with Crippen molar-refractivity contribution in [1.29, 1.82) is 5.26 Å². The van der Waals surface area contributed by atoms with E-state index < -0.39 is 0 Å². The predicted molar refractivity (Wildman–Crippen MR) is 53.2 cm³/mol. The average molecular weight is 324 g/mol. The van der Waals surface area contributed by atoms with Gasteiger partial charge in [-0.1, -0.05) is 0 Å². The minimum absolute atomic E-state index is 0.0197. The quantitative estimate of drug-likeness (QED) is 0.746. The maximum absolute atomic E-state index is 9.21. The summed E-state index contributed by atoms with van der Waals surface area (Å²) in [7, 11) is 0. The Labute approximate surface area is 86.1 Å². The van der Waals surface area contributed by atoms with Gasteiger partial charge in [0.05, 0.1) is 0 Å². The van der Waals surface area contributed by atoms with E-state index in [1.165, 1.54) is 0 Å². The summed E-state index contributed by atoms with van der Waals surface area (Å²) >= 11 is 5.24. The molecule has 0 aromatic heterocycles. The third-order valence-corrected chi connectivity index (χ3v) is 2.39. The van der Waals surface area contributed by atoms with Crippen LogP contribution in [-0.4, -0.2) is 5.11 Å². The summed E-state index contributed by atoms with van der Waals surface area (Å²) in [5.74, 6) is 0.0197. The summed E-state index contributed by atoms with van der Waals surface area (Å²) in [5, 5.41) is 17.8. The summed E-state index contributed by atoms with van der Waals surface area (Å²) in [5.41, 5.74) is 0.283. The van der Waals surface area contributed by atoms with Crippen LogP contribution in [-0.2, 0) is 0 Å². The van der Waals surface area contributed by atoms with Gasteiger partial charge in [-0.15, -0.1) is 0 Å². The van der Waals surface area contributed by atoms with Crippen LogP contribution in [0.25, 0.3) is 0 Å². The van der Waals surface area contributed by atoms with E-state index in [9.17, 15) is 5.11 Å². The van der Waals surface area contributed by atoms with Gasteiger partial charge in [0.15, 0.2) is 0 Å². The fourth-order valence-electron chi connectivity index (χ4n) is 0.671. The van der Waals surface area contributed by atoms with Gasteiger partial charge in [0.25, 0.3) is 0 Å². The van der Waals surface area contributed by atoms with Crippen LogP contribution in [0.4, 0.5) is 0 Å². The molecule has 0 saturated heterocycles. The first kappa shape index (κ1) is 8.81. The maximum Gasteiger partial charge on any atom is 0.135 e. The molecule has 0 radical (unpaired) electrons. The molecule has 0 fully saturated rings. The van der Waals surface area contributed by atoms with Crippen LogP contribution >= 0.6 is 38.5 Å². The lowest BCUT2D eigenvalue weighted by atomic mass is 10.2. The zero-order chi connectivity index (χ0) is 8.43. The van der Waals surface area contributed by atoms with E-state index >= 15 is 0 Å². The smallest absolute Gasteiger partial charge is 0.135 e. The number of rotatable bonds is 0. The molecule has 0 aliphatic rings. The number of nitriles is 1. The van der Waals surface area contributed by atoms with Crippen molar-refractivity contribution < 1.29 is 5.11 Å². The zero-order valence-electron chi connectivity index (χ0n) is 5.31. The second-order valence-electron chi connectivity index (χ2n) is 1.89. The van der Waals surface area contributed by atoms with Gasteiger partial charge in [-0.05, 0) is 50.7 Å². The van der Waals surface area contributed by atoms with E-state index in [0.717, 1.165) is 3.57 Å². The van der Waals surface area contributed by atoms with E-state index in [1.54, 1.807) is 12.1 Å². The van der Waals surface area contributed by atoms with Gasteiger partial charge in [-0.25, -0.2) is 0 Å². The van der Waals surface area contributed by atoms with Gasteiger partial charge >= 0.3 is 0 Å². The molecule has 0 saturated carbocycles. The standard InChI is InChI=1S/C7H3BrINO/c8-6-1-4(9)2-7(11)5(6)3-10/h1-2,11H. The minimum atomic E-state index is 0.0197. The molecule has 1 N–H and O–H groups in total. The van der Waals surface area contributed by atoms with Crippen molar-refractivity contribution >= 4 is 38.5 Å². The Morgan fingerprint density at radius 3 is 2.64 bits per heavy atom. The molecule has 0 atom stereocenters. The number of nitrogens with zero attached hydrogens (tertiary/aromatic N) is 1. The number of benzene rings is 1. The number of phenols is 1. The van der Waals surface area contributed by atoms with Crippen molar-refractivity contribution in [3.05, 3.63) is 25.7 Å². The van der Waals surface area contributed by atoms with Crippen molar-refractivity contribution in [2.45, 2.75) is 0 Å². The highest BCUT2D eigenvalue weighted by Gasteiger charge is 2.05. The van der Waals surface area contributed by atoms with Gasteiger partial charge in [-0.3, -0.25) is 0 Å². The highest BCUT2D eigenvalue weighted by Crippen LogP contribution is 2.27. The molecule has 1 aromatic rings. The molecule has 1 rings (SSSR count). The highest BCUT2D eigenvalue weighted by molar-refractivity contribution is 14.1. The van der Waals surface area contributed by atoms with Crippen LogP contribution in [0.1, 0.15) is 5.56 Å². The van der Waals surface area contributed by atoms with Crippen LogP contribution < -0.4 is 0 Å². The number of hydrogen-bond acceptors (Lipinski definition) is 2. The molecule has 1 aromatic carbocycles. The Bertz CT molecular complexity index is 309. The summed E-state index contributed by atoms with van der Waals surface area (Å²) in [6.45, 7) is 0. The largest absolute Gasteiger partial charge is 0.506 e. The second-order valence-corrected chi connectivity index (χ2v) is 3.99. The van der Waals surface area contributed by atoms with Gasteiger partial charge in [0.1, 0.15) is 17.4 Å². The average Bonchev–Trinajstić information content (AvgIpc) is 1.85. The van der Waals surface area contributed by atoms with E-state index in [-0.39, 0.29) is 11.3 Å². The first-order chi connectivity index (χ1) is 5.15. The van der Waals surface area contributed by atoms with Crippen molar-refractivity contribution in [2.24, 2.45) is 0 Å². The van der Waals surface area contributed by atoms with Gasteiger partial charge < -0.3 is 5.11 Å². The molecule has 0 aliphatic heterocycles. The predicted octanol–water partition coefficient (Wildman–Crippen LogP) is 2.63. The Morgan fingerprint density at radius 2 is 2.18 bits per heavy atom. The van der Waals surface area contributed by atoms with E-state index in [2.05, 4.69) is 38.5 Å². The van der Waals surface area contributed by atoms with Crippen LogP contribution in [0.15, 0.2) is 16.6 Å². The summed E-state index contributed by atoms with van der Waals surface area (Å²) in [4.78, 5) is 0. The molecule has 56 valence electrons. The molecule has 0 aliphatic carbocycles. The molecule has 2 nitrogen and oxygen atoms in total. The fourth-order valence-corrected chi connectivity index (χ4v) is 2.24. The number of hydrogen-bond donors (Lipinski definition) is 1. The van der Waals surface area contributed by atoms with E-state index in [4.69, 9.17) is 5.26 Å². The molecule has 4 heteroatoms. The van der Waals surface area contributed by atoms with Crippen molar-refractivity contribution in [1.82, 2.24) is 0 Å². The third kappa shape index (κ3) is 1.84. The van der Waals surface area contributed by atoms with Gasteiger partial charge in [0.2, 0.25) is 0 Å². The number of halogens is 2. The monoisotopic (exact) mass is 323 g/mol. The lowest BCUT2D eigenvalue weighted by molar-refractivity contribution is 0.472. The second kappa shape index (κ2) is 3.41. The fraction of sp³-hybridized carbons (Fsp3) is 0. The molecule has 0 bridgehead atoms. The van der Waals surface area contributed by atoms with Crippen molar-refractivity contribution in [3.8, 4) is 11.8 Å². The summed E-state index contributed by atoms with van der Waals surface area (Å²) in [6.07, 6.45) is 0. The first-order valence-corrected chi connectivity index (χ1v) is 4.60. The highest BCUT2D eigenvalue weighted by atomic mass is 127. The van der Waals surface area contributed by atoms with Crippen molar-refractivity contribution in [3.63, 3.8) is 0 Å². The Kier molecular flexibility index (Phi) is 2.73. The maximum atomic E-state index is 9.21. The molecule has 11 heavy (non-hydrogen) atoms. The Morgan fingerprint density at radius 1 is 1.55 bits per heavy atom. The minimum Gasteiger partial charge on any atom is -0.506 e. The van der Waals surface area contributed by atoms with E-state index in [1.807, 2.05) is 6.07 Å². The lowest BCUT2D eigenvalue weighted by Crippen LogP contribution is -1.80. The summed E-state index contributed by atoms with van der Waals surface area (Å²) in [6, 6.07) is 5.21. The number of aromatic hydroxyl groups is 1. The normalized spacial score (nSPS) is 9.18. The molecule has 0 unspecified atom stereocenters. The molecule has 0 amide bonds. The van der Waals surface area contributed by atoms with Crippen LogP contribution in [0.5, 0.6) is 5.75 Å². The van der Waals surface area contributed by atoms with Crippen LogP contribution in [0, 0.1) is 14.9 Å². The zero-order valence-corrected chi connectivity index (χ0v) is 9.05. The van der Waals surface area contributed by atoms with Crippen LogP contribution in [0.3, 0.4) is 0 Å². The SMILES string of the molecule is N#Cc1c(O)cc(I)cc1Br. The Balaban J connectivity index is 3.40. The lowest BCUT2D eigenvalue weighted by Gasteiger charge is -1.98. The van der Waals surface area contributed by atoms with Crippen molar-refractivity contribution in [2.75, 3.05) is 0 Å². The summed E-state index contributed by atoms with van der Waals surface area (Å²) < 4.78 is 1.52. The third-order valence-electron chi connectivity index (χ3n) is 1.15. The van der Waals surface area contributed by atoms with E-state index in [0.29, 0.717) is 4.47 Å². The molecule has 0 spiro atoms. The van der Waals surface area contributed by atoms with Gasteiger partial charge in [0, 0.05) is 8.04 Å². The molecular formula is C7H3BrINO. The first-order valence-electron chi connectivity index (χ1n) is 2.73.